The molecule has 2 aliphatic carbocycles. The minimum atomic E-state index is -0.0919. The number of benzene rings is 8. The first kappa shape index (κ1) is 27.6. The number of rotatable bonds is 2. The van der Waals surface area contributed by atoms with Crippen LogP contribution in [-0.4, -0.2) is 0 Å². The van der Waals surface area contributed by atoms with E-state index in [9.17, 15) is 0 Å². The predicted molar refractivity (Wildman–Crippen MR) is 205 cm³/mol. The maximum absolute atomic E-state index is 2.55. The Kier molecular flexibility index (Phi) is 5.50. The molecule has 228 valence electrons. The summed E-state index contributed by atoms with van der Waals surface area (Å²) in [6.07, 6.45) is 0. The third-order valence-electron chi connectivity index (χ3n) is 11.7. The second kappa shape index (κ2) is 9.55. The summed E-state index contributed by atoms with van der Waals surface area (Å²) in [6.45, 7) is 9.55. The van der Waals surface area contributed by atoms with Gasteiger partial charge in [-0.2, -0.15) is 0 Å². The molecule has 48 heavy (non-hydrogen) atoms. The zero-order chi connectivity index (χ0) is 32.4. The van der Waals surface area contributed by atoms with Crippen LogP contribution in [0.3, 0.4) is 0 Å². The fourth-order valence-electron chi connectivity index (χ4n) is 9.28. The van der Waals surface area contributed by atoms with Crippen LogP contribution in [0.4, 0.5) is 0 Å². The lowest BCUT2D eigenvalue weighted by Crippen LogP contribution is -2.15. The van der Waals surface area contributed by atoms with E-state index in [1.54, 1.807) is 0 Å². The summed E-state index contributed by atoms with van der Waals surface area (Å²) in [7, 11) is 0. The van der Waals surface area contributed by atoms with E-state index >= 15 is 0 Å². The first-order chi connectivity index (χ1) is 23.3. The van der Waals surface area contributed by atoms with Gasteiger partial charge >= 0.3 is 0 Å². The largest absolute Gasteiger partial charge is 0.0619 e. The van der Waals surface area contributed by atoms with Crippen LogP contribution in [0, 0.1) is 0 Å². The topological polar surface area (TPSA) is 0 Å². The van der Waals surface area contributed by atoms with Crippen LogP contribution in [0.15, 0.2) is 146 Å². The molecule has 0 saturated carbocycles. The lowest BCUT2D eigenvalue weighted by Gasteiger charge is -2.25. The van der Waals surface area contributed by atoms with E-state index < -0.39 is 0 Å². The SMILES string of the molecule is CC1(C)c2ccccc2-c2ccc(-c3c4ccccc4c(-c4cccc5ccccc45)c4cc5c(cc34)-c3ccccc3C5(C)C)cc21. The molecule has 2 aliphatic rings. The van der Waals surface area contributed by atoms with Crippen LogP contribution >= 0.6 is 0 Å². The fraction of sp³-hybridized carbons (Fsp3) is 0.125. The maximum atomic E-state index is 2.55. The normalized spacial score (nSPS) is 15.0. The van der Waals surface area contributed by atoms with Gasteiger partial charge in [-0.3, -0.25) is 0 Å². The van der Waals surface area contributed by atoms with Crippen molar-refractivity contribution in [3.05, 3.63) is 168 Å². The minimum Gasteiger partial charge on any atom is -0.0619 e. The molecule has 8 aromatic rings. The highest BCUT2D eigenvalue weighted by Crippen LogP contribution is 2.55. The molecule has 0 unspecified atom stereocenters. The third-order valence-corrected chi connectivity index (χ3v) is 11.7. The molecule has 0 atom stereocenters. The molecule has 0 amide bonds. The molecular formula is C48H36. The molecule has 0 spiro atoms. The van der Waals surface area contributed by atoms with E-state index in [0.29, 0.717) is 0 Å². The Morgan fingerprint density at radius 1 is 0.312 bits per heavy atom. The Labute approximate surface area is 282 Å². The average molecular weight is 613 g/mol. The summed E-state index contributed by atoms with van der Waals surface area (Å²) in [6, 6.07) is 55.0. The van der Waals surface area contributed by atoms with Crippen molar-refractivity contribution in [3.63, 3.8) is 0 Å². The van der Waals surface area contributed by atoms with Gasteiger partial charge in [-0.15, -0.1) is 0 Å². The van der Waals surface area contributed by atoms with Crippen molar-refractivity contribution in [2.75, 3.05) is 0 Å². The molecule has 10 rings (SSSR count). The summed E-state index contributed by atoms with van der Waals surface area (Å²) in [5, 5.41) is 7.79. The third kappa shape index (κ3) is 3.55. The van der Waals surface area contributed by atoms with Crippen LogP contribution in [0.2, 0.25) is 0 Å². The van der Waals surface area contributed by atoms with Gasteiger partial charge in [0.05, 0.1) is 0 Å². The molecule has 0 aliphatic heterocycles. The lowest BCUT2D eigenvalue weighted by atomic mass is 9.78. The summed E-state index contributed by atoms with van der Waals surface area (Å²) in [4.78, 5) is 0. The zero-order valence-electron chi connectivity index (χ0n) is 27.9. The molecule has 0 N–H and O–H groups in total. The first-order valence-corrected chi connectivity index (χ1v) is 17.2. The van der Waals surface area contributed by atoms with Gasteiger partial charge < -0.3 is 0 Å². The second-order valence-electron chi connectivity index (χ2n) is 14.9. The molecule has 0 heteroatoms. The quantitative estimate of drug-likeness (QED) is 0.170. The molecular weight excluding hydrogens is 577 g/mol. The summed E-state index contributed by atoms with van der Waals surface area (Å²) >= 11 is 0. The van der Waals surface area contributed by atoms with Crippen molar-refractivity contribution in [2.24, 2.45) is 0 Å². The first-order valence-electron chi connectivity index (χ1n) is 17.2. The molecule has 0 fully saturated rings. The van der Waals surface area contributed by atoms with E-state index in [2.05, 4.69) is 173 Å². The van der Waals surface area contributed by atoms with E-state index in [1.807, 2.05) is 0 Å². The summed E-state index contributed by atoms with van der Waals surface area (Å²) in [5.41, 5.74) is 16.1. The highest BCUT2D eigenvalue weighted by atomic mass is 14.4. The van der Waals surface area contributed by atoms with Gasteiger partial charge in [-0.25, -0.2) is 0 Å². The summed E-state index contributed by atoms with van der Waals surface area (Å²) in [5.74, 6) is 0. The van der Waals surface area contributed by atoms with E-state index in [0.717, 1.165) is 0 Å². The molecule has 0 radical (unpaired) electrons. The predicted octanol–water partition coefficient (Wildman–Crippen LogP) is 13.1. The molecule has 0 nitrogen and oxygen atoms in total. The Morgan fingerprint density at radius 2 is 0.812 bits per heavy atom. The van der Waals surface area contributed by atoms with E-state index in [-0.39, 0.29) is 10.8 Å². The lowest BCUT2D eigenvalue weighted by molar-refractivity contribution is 0.660. The van der Waals surface area contributed by atoms with Crippen molar-refractivity contribution in [3.8, 4) is 44.5 Å². The molecule has 8 aromatic carbocycles. The van der Waals surface area contributed by atoms with Crippen molar-refractivity contribution >= 4 is 32.3 Å². The van der Waals surface area contributed by atoms with Crippen molar-refractivity contribution < 1.29 is 0 Å². The summed E-state index contributed by atoms with van der Waals surface area (Å²) < 4.78 is 0. The van der Waals surface area contributed by atoms with Gasteiger partial charge in [0.1, 0.15) is 0 Å². The van der Waals surface area contributed by atoms with Gasteiger partial charge in [0.2, 0.25) is 0 Å². The second-order valence-corrected chi connectivity index (χ2v) is 14.9. The van der Waals surface area contributed by atoms with Gasteiger partial charge in [0.15, 0.2) is 0 Å². The zero-order valence-corrected chi connectivity index (χ0v) is 27.9. The van der Waals surface area contributed by atoms with Crippen LogP contribution in [0.5, 0.6) is 0 Å². The highest BCUT2D eigenvalue weighted by molar-refractivity contribution is 6.24. The average Bonchev–Trinajstić information content (AvgIpc) is 3.48. The number of hydrogen-bond donors (Lipinski definition) is 0. The highest BCUT2D eigenvalue weighted by Gasteiger charge is 2.37. The Balaban J connectivity index is 1.37. The Hall–Kier alpha value is -5.46. The Morgan fingerprint density at radius 3 is 1.54 bits per heavy atom. The fourth-order valence-corrected chi connectivity index (χ4v) is 9.28. The van der Waals surface area contributed by atoms with Crippen LogP contribution < -0.4 is 0 Å². The van der Waals surface area contributed by atoms with Crippen molar-refractivity contribution in [2.45, 2.75) is 38.5 Å². The standard InChI is InChI=1S/C48H36/c1-47(2)41-22-11-9-17-32(41)34-25-24-30(26-43(34)47)45-36-19-7-8-20-37(36)46(35-21-13-15-29-14-5-6-16-31(29)35)40-28-44-38(27-39(40)45)33-18-10-12-23-42(33)48(44,3)4/h5-28H,1-4H3. The number of hydrogen-bond acceptors (Lipinski definition) is 0. The van der Waals surface area contributed by atoms with Gasteiger partial charge in [-0.05, 0) is 117 Å². The smallest absolute Gasteiger partial charge is 0.0159 e. The van der Waals surface area contributed by atoms with Crippen molar-refractivity contribution in [1.82, 2.24) is 0 Å². The maximum Gasteiger partial charge on any atom is 0.0159 e. The van der Waals surface area contributed by atoms with Gasteiger partial charge in [0.25, 0.3) is 0 Å². The number of fused-ring (bicyclic) bond motifs is 9. The van der Waals surface area contributed by atoms with Gasteiger partial charge in [0, 0.05) is 10.8 Å². The van der Waals surface area contributed by atoms with Crippen molar-refractivity contribution in [1.29, 1.82) is 0 Å². The van der Waals surface area contributed by atoms with E-state index in [4.69, 9.17) is 0 Å². The Bertz CT molecular complexity index is 2660. The van der Waals surface area contributed by atoms with Crippen LogP contribution in [-0.2, 0) is 10.8 Å². The van der Waals surface area contributed by atoms with Crippen LogP contribution in [0.25, 0.3) is 76.8 Å². The molecule has 0 saturated heterocycles. The van der Waals surface area contributed by atoms with Gasteiger partial charge in [-0.1, -0.05) is 155 Å². The molecule has 0 bridgehead atoms. The monoisotopic (exact) mass is 612 g/mol. The van der Waals surface area contributed by atoms with E-state index in [1.165, 1.54) is 99.1 Å². The minimum absolute atomic E-state index is 0.0688. The van der Waals surface area contributed by atoms with Crippen LogP contribution in [0.1, 0.15) is 49.9 Å². The molecule has 0 heterocycles. The molecule has 0 aromatic heterocycles.